The Morgan fingerprint density at radius 2 is 2.00 bits per heavy atom. The van der Waals surface area contributed by atoms with Gasteiger partial charge in [0.05, 0.1) is 0 Å². The largest absolute Gasteiger partial charge is 0.484 e. The second-order valence-corrected chi connectivity index (χ2v) is 4.47. The minimum absolute atomic E-state index is 0.135. The van der Waals surface area contributed by atoms with Gasteiger partial charge in [-0.3, -0.25) is 4.79 Å². The summed E-state index contributed by atoms with van der Waals surface area (Å²) < 4.78 is 5.70. The number of hydrogen-bond donors (Lipinski definition) is 0. The summed E-state index contributed by atoms with van der Waals surface area (Å²) in [5.41, 5.74) is -0.569. The third kappa shape index (κ3) is 3.08. The van der Waals surface area contributed by atoms with Crippen LogP contribution in [-0.2, 0) is 9.53 Å². The predicted octanol–water partition coefficient (Wildman–Crippen LogP) is 3.61. The summed E-state index contributed by atoms with van der Waals surface area (Å²) in [6.07, 6.45) is 8.23. The number of rotatable bonds is 6. The predicted molar refractivity (Wildman–Crippen MR) is 61.6 cm³/mol. The molecule has 86 valence electrons. The average molecular weight is 210 g/mol. The van der Waals surface area contributed by atoms with Crippen molar-refractivity contribution in [3.05, 3.63) is 11.8 Å². The lowest BCUT2D eigenvalue weighted by Gasteiger charge is -2.21. The Morgan fingerprint density at radius 1 is 1.27 bits per heavy atom. The molecule has 2 nitrogen and oxygen atoms in total. The Morgan fingerprint density at radius 3 is 2.53 bits per heavy atom. The number of hydrogen-bond acceptors (Lipinski definition) is 2. The third-order valence-electron chi connectivity index (χ3n) is 3.12. The molecule has 0 aromatic carbocycles. The molecule has 2 heteroatoms. The molecule has 0 aromatic rings. The monoisotopic (exact) mass is 210 g/mol. The van der Waals surface area contributed by atoms with Crippen molar-refractivity contribution >= 4 is 5.78 Å². The summed E-state index contributed by atoms with van der Waals surface area (Å²) >= 11 is 0. The average Bonchev–Trinajstić information content (AvgIpc) is 2.51. The van der Waals surface area contributed by atoms with E-state index in [0.29, 0.717) is 0 Å². The van der Waals surface area contributed by atoms with Crippen molar-refractivity contribution in [2.24, 2.45) is 0 Å². The fraction of sp³-hybridized carbons (Fsp3) is 0.769. The Bertz CT molecular complexity index is 255. The molecule has 1 aliphatic rings. The zero-order chi connectivity index (χ0) is 11.3. The number of unbranched alkanes of at least 4 members (excludes halogenated alkanes) is 3. The summed E-state index contributed by atoms with van der Waals surface area (Å²) in [5, 5.41) is 0. The molecular formula is C13H22O2. The van der Waals surface area contributed by atoms with Gasteiger partial charge in [0, 0.05) is 12.5 Å². The van der Waals surface area contributed by atoms with E-state index in [-0.39, 0.29) is 5.78 Å². The summed E-state index contributed by atoms with van der Waals surface area (Å²) in [6.45, 7) is 6.07. The van der Waals surface area contributed by atoms with Crippen LogP contribution in [-0.4, -0.2) is 11.4 Å². The van der Waals surface area contributed by atoms with Gasteiger partial charge in [-0.2, -0.15) is 0 Å². The van der Waals surface area contributed by atoms with Crippen LogP contribution in [0.4, 0.5) is 0 Å². The van der Waals surface area contributed by atoms with Gasteiger partial charge in [-0.1, -0.05) is 33.1 Å². The van der Waals surface area contributed by atoms with Crippen LogP contribution < -0.4 is 0 Å². The van der Waals surface area contributed by atoms with Crippen molar-refractivity contribution < 1.29 is 9.53 Å². The molecule has 0 spiro atoms. The van der Waals surface area contributed by atoms with E-state index in [4.69, 9.17) is 4.74 Å². The number of carbonyl (C=O) groups is 1. The van der Waals surface area contributed by atoms with E-state index >= 15 is 0 Å². The van der Waals surface area contributed by atoms with Crippen LogP contribution in [0.2, 0.25) is 0 Å². The molecule has 1 heterocycles. The van der Waals surface area contributed by atoms with Gasteiger partial charge in [-0.05, 0) is 19.8 Å². The zero-order valence-corrected chi connectivity index (χ0v) is 10.1. The van der Waals surface area contributed by atoms with Crippen molar-refractivity contribution in [2.75, 3.05) is 0 Å². The van der Waals surface area contributed by atoms with E-state index in [0.717, 1.165) is 25.0 Å². The second-order valence-electron chi connectivity index (χ2n) is 4.47. The first kappa shape index (κ1) is 12.3. The lowest BCUT2D eigenvalue weighted by Crippen LogP contribution is -2.31. The molecular weight excluding hydrogens is 188 g/mol. The maximum Gasteiger partial charge on any atom is 0.202 e. The highest BCUT2D eigenvalue weighted by molar-refractivity contribution is 5.99. The van der Waals surface area contributed by atoms with Crippen molar-refractivity contribution in [3.8, 4) is 0 Å². The first-order chi connectivity index (χ1) is 7.12. The van der Waals surface area contributed by atoms with Crippen LogP contribution in [0.3, 0.4) is 0 Å². The van der Waals surface area contributed by atoms with Crippen LogP contribution in [0.5, 0.6) is 0 Å². The van der Waals surface area contributed by atoms with Crippen molar-refractivity contribution in [1.29, 1.82) is 0 Å². The van der Waals surface area contributed by atoms with E-state index < -0.39 is 5.60 Å². The van der Waals surface area contributed by atoms with Crippen LogP contribution >= 0.6 is 0 Å². The molecule has 0 bridgehead atoms. The van der Waals surface area contributed by atoms with Gasteiger partial charge >= 0.3 is 0 Å². The molecule has 0 saturated heterocycles. The van der Waals surface area contributed by atoms with Gasteiger partial charge in [0.15, 0.2) is 5.60 Å². The molecule has 1 atom stereocenters. The summed E-state index contributed by atoms with van der Waals surface area (Å²) in [4.78, 5) is 11.6. The Balaban J connectivity index is 2.34. The molecule has 0 aliphatic carbocycles. The van der Waals surface area contributed by atoms with Crippen LogP contribution in [0.15, 0.2) is 11.8 Å². The zero-order valence-electron chi connectivity index (χ0n) is 10.1. The molecule has 15 heavy (non-hydrogen) atoms. The van der Waals surface area contributed by atoms with Crippen molar-refractivity contribution in [1.82, 2.24) is 0 Å². The molecule has 0 radical (unpaired) electrons. The minimum Gasteiger partial charge on any atom is -0.484 e. The lowest BCUT2D eigenvalue weighted by atomic mass is 9.99. The minimum atomic E-state index is -0.569. The van der Waals surface area contributed by atoms with E-state index in [2.05, 4.69) is 6.92 Å². The first-order valence-corrected chi connectivity index (χ1v) is 6.06. The molecule has 0 saturated carbocycles. The quantitative estimate of drug-likeness (QED) is 0.626. The Kier molecular flexibility index (Phi) is 4.37. The van der Waals surface area contributed by atoms with E-state index in [1.54, 1.807) is 6.08 Å². The molecule has 0 N–H and O–H groups in total. The maximum atomic E-state index is 11.6. The van der Waals surface area contributed by atoms with E-state index in [9.17, 15) is 4.79 Å². The van der Waals surface area contributed by atoms with E-state index in [1.165, 1.54) is 19.3 Å². The Hall–Kier alpha value is -0.790. The molecule has 1 unspecified atom stereocenters. The maximum absolute atomic E-state index is 11.6. The fourth-order valence-electron chi connectivity index (χ4n) is 1.76. The summed E-state index contributed by atoms with van der Waals surface area (Å²) in [6, 6.07) is 0. The summed E-state index contributed by atoms with van der Waals surface area (Å²) in [5.74, 6) is 1.02. The Labute approximate surface area is 92.7 Å². The van der Waals surface area contributed by atoms with Crippen LogP contribution in [0, 0.1) is 0 Å². The van der Waals surface area contributed by atoms with Gasteiger partial charge in [-0.25, -0.2) is 0 Å². The topological polar surface area (TPSA) is 26.3 Å². The molecule has 1 aliphatic heterocycles. The SMILES string of the molecule is CCCCCCC1=CC(=O)C(C)(CC)O1. The first-order valence-electron chi connectivity index (χ1n) is 6.06. The number of allylic oxidation sites excluding steroid dienone is 1. The highest BCUT2D eigenvalue weighted by Crippen LogP contribution is 2.30. The highest BCUT2D eigenvalue weighted by atomic mass is 16.5. The normalized spacial score (nSPS) is 25.3. The van der Waals surface area contributed by atoms with Gasteiger partial charge in [0.2, 0.25) is 5.78 Å². The molecule has 0 aromatic heterocycles. The molecule has 0 amide bonds. The third-order valence-corrected chi connectivity index (χ3v) is 3.12. The molecule has 0 fully saturated rings. The van der Waals surface area contributed by atoms with Crippen molar-refractivity contribution in [3.63, 3.8) is 0 Å². The number of ketones is 1. The number of ether oxygens (including phenoxy) is 1. The van der Waals surface area contributed by atoms with E-state index in [1.807, 2.05) is 13.8 Å². The fourth-order valence-corrected chi connectivity index (χ4v) is 1.76. The van der Waals surface area contributed by atoms with Gasteiger partial charge in [0.1, 0.15) is 5.76 Å². The van der Waals surface area contributed by atoms with Gasteiger partial charge in [-0.15, -0.1) is 0 Å². The van der Waals surface area contributed by atoms with Crippen molar-refractivity contribution in [2.45, 2.75) is 64.9 Å². The summed E-state index contributed by atoms with van der Waals surface area (Å²) in [7, 11) is 0. The van der Waals surface area contributed by atoms with Crippen LogP contribution in [0.25, 0.3) is 0 Å². The van der Waals surface area contributed by atoms with Gasteiger partial charge < -0.3 is 4.74 Å². The standard InChI is InChI=1S/C13H22O2/c1-4-6-7-8-9-11-10-12(14)13(3,5-2)15-11/h10H,4-9H2,1-3H3. The second kappa shape index (κ2) is 5.34. The lowest BCUT2D eigenvalue weighted by molar-refractivity contribution is -0.128. The molecule has 1 rings (SSSR count). The smallest absolute Gasteiger partial charge is 0.202 e. The van der Waals surface area contributed by atoms with Crippen LogP contribution in [0.1, 0.15) is 59.3 Å². The highest BCUT2D eigenvalue weighted by Gasteiger charge is 2.37. The van der Waals surface area contributed by atoms with Gasteiger partial charge in [0.25, 0.3) is 0 Å². The number of carbonyl (C=O) groups excluding carboxylic acids is 1.